The lowest BCUT2D eigenvalue weighted by atomic mass is 9.84. The maximum atomic E-state index is 12.3. The van der Waals surface area contributed by atoms with E-state index in [-0.39, 0.29) is 0 Å². The van der Waals surface area contributed by atoms with E-state index in [1.165, 1.54) is 12.0 Å². The molecule has 4 nitrogen and oxygen atoms in total. The van der Waals surface area contributed by atoms with Crippen LogP contribution in [0.3, 0.4) is 0 Å². The molecule has 0 atom stereocenters. The molecule has 1 saturated heterocycles. The molecule has 0 radical (unpaired) electrons. The zero-order chi connectivity index (χ0) is 13.8. The van der Waals surface area contributed by atoms with E-state index in [0.717, 1.165) is 52.0 Å². The van der Waals surface area contributed by atoms with Gasteiger partial charge < -0.3 is 4.90 Å². The standard InChI is InChI=1S/C16H23N3O/c20-16(15-5-1-6-15)19-9-3-8-18(10-11-19)13-14-4-2-7-17-12-14/h2,4,7,12,15H,1,3,5-6,8-11,13H2. The fourth-order valence-corrected chi connectivity index (χ4v) is 3.01. The average Bonchev–Trinajstić information content (AvgIpc) is 2.63. The first-order valence-corrected chi connectivity index (χ1v) is 7.73. The van der Waals surface area contributed by atoms with E-state index in [9.17, 15) is 4.79 Å². The third-order valence-electron chi connectivity index (χ3n) is 4.48. The summed E-state index contributed by atoms with van der Waals surface area (Å²) in [6.45, 7) is 4.81. The Kier molecular flexibility index (Phi) is 4.31. The maximum absolute atomic E-state index is 12.3. The van der Waals surface area contributed by atoms with Crippen molar-refractivity contribution in [1.82, 2.24) is 14.8 Å². The lowest BCUT2D eigenvalue weighted by Crippen LogP contribution is -2.41. The fourth-order valence-electron chi connectivity index (χ4n) is 3.01. The molecule has 3 rings (SSSR count). The molecule has 1 aromatic rings. The Balaban J connectivity index is 1.52. The maximum Gasteiger partial charge on any atom is 0.225 e. The molecule has 0 N–H and O–H groups in total. The molecule has 1 aromatic heterocycles. The highest BCUT2D eigenvalue weighted by Crippen LogP contribution is 2.28. The number of amides is 1. The first-order chi connectivity index (χ1) is 9.83. The van der Waals surface area contributed by atoms with Crippen LogP contribution in [0, 0.1) is 5.92 Å². The number of hydrogen-bond donors (Lipinski definition) is 0. The lowest BCUT2D eigenvalue weighted by molar-refractivity contribution is -0.138. The molecule has 0 unspecified atom stereocenters. The molecular weight excluding hydrogens is 250 g/mol. The number of carbonyl (C=O) groups is 1. The molecule has 2 heterocycles. The molecule has 4 heteroatoms. The number of hydrogen-bond acceptors (Lipinski definition) is 3. The molecule has 1 saturated carbocycles. The van der Waals surface area contributed by atoms with Crippen molar-refractivity contribution >= 4 is 5.91 Å². The second-order valence-corrected chi connectivity index (χ2v) is 5.94. The highest BCUT2D eigenvalue weighted by Gasteiger charge is 2.30. The van der Waals surface area contributed by atoms with Crippen LogP contribution >= 0.6 is 0 Å². The van der Waals surface area contributed by atoms with Crippen LogP contribution in [0.25, 0.3) is 0 Å². The zero-order valence-electron chi connectivity index (χ0n) is 12.0. The number of pyridine rings is 1. The SMILES string of the molecule is O=C(C1CCC1)N1CCCN(Cc2cccnc2)CC1. The summed E-state index contributed by atoms with van der Waals surface area (Å²) >= 11 is 0. The molecule has 1 aliphatic carbocycles. The monoisotopic (exact) mass is 273 g/mol. The summed E-state index contributed by atoms with van der Waals surface area (Å²) in [5, 5.41) is 0. The molecule has 2 fully saturated rings. The quantitative estimate of drug-likeness (QED) is 0.844. The molecule has 0 spiro atoms. The molecule has 20 heavy (non-hydrogen) atoms. The lowest BCUT2D eigenvalue weighted by Gasteiger charge is -2.31. The molecule has 108 valence electrons. The van der Waals surface area contributed by atoms with Gasteiger partial charge in [-0.1, -0.05) is 12.5 Å². The van der Waals surface area contributed by atoms with Gasteiger partial charge in [0.1, 0.15) is 0 Å². The van der Waals surface area contributed by atoms with Gasteiger partial charge in [0.2, 0.25) is 5.91 Å². The van der Waals surface area contributed by atoms with Gasteiger partial charge in [0.05, 0.1) is 0 Å². The Morgan fingerprint density at radius 1 is 1.20 bits per heavy atom. The van der Waals surface area contributed by atoms with Crippen LogP contribution in [-0.2, 0) is 11.3 Å². The summed E-state index contributed by atoms with van der Waals surface area (Å²) < 4.78 is 0. The molecular formula is C16H23N3O. The summed E-state index contributed by atoms with van der Waals surface area (Å²) in [7, 11) is 0. The van der Waals surface area contributed by atoms with Gasteiger partial charge >= 0.3 is 0 Å². The third kappa shape index (κ3) is 3.18. The van der Waals surface area contributed by atoms with Gasteiger partial charge in [0.15, 0.2) is 0 Å². The third-order valence-corrected chi connectivity index (χ3v) is 4.48. The first kappa shape index (κ1) is 13.6. The topological polar surface area (TPSA) is 36.4 Å². The minimum atomic E-state index is 0.333. The highest BCUT2D eigenvalue weighted by atomic mass is 16.2. The number of rotatable bonds is 3. The molecule has 0 bridgehead atoms. The summed E-state index contributed by atoms with van der Waals surface area (Å²) in [4.78, 5) is 21.0. The van der Waals surface area contributed by atoms with Crippen LogP contribution in [0.4, 0.5) is 0 Å². The summed E-state index contributed by atoms with van der Waals surface area (Å²) in [5.74, 6) is 0.736. The average molecular weight is 273 g/mol. The predicted octanol–water partition coefficient (Wildman–Crippen LogP) is 1.92. The van der Waals surface area contributed by atoms with Crippen molar-refractivity contribution in [3.8, 4) is 0 Å². The Morgan fingerprint density at radius 2 is 2.10 bits per heavy atom. The molecule has 1 amide bonds. The molecule has 0 aromatic carbocycles. The van der Waals surface area contributed by atoms with Crippen molar-refractivity contribution in [2.75, 3.05) is 26.2 Å². The fraction of sp³-hybridized carbons (Fsp3) is 0.625. The van der Waals surface area contributed by atoms with Crippen LogP contribution in [0.15, 0.2) is 24.5 Å². The Morgan fingerprint density at radius 3 is 2.80 bits per heavy atom. The minimum Gasteiger partial charge on any atom is -0.341 e. The van der Waals surface area contributed by atoms with Crippen molar-refractivity contribution in [3.63, 3.8) is 0 Å². The Labute approximate surface area is 120 Å². The largest absolute Gasteiger partial charge is 0.341 e. The van der Waals surface area contributed by atoms with Crippen molar-refractivity contribution in [1.29, 1.82) is 0 Å². The van der Waals surface area contributed by atoms with Gasteiger partial charge in [0.25, 0.3) is 0 Å². The number of nitrogens with zero attached hydrogens (tertiary/aromatic N) is 3. The van der Waals surface area contributed by atoms with E-state index in [1.807, 2.05) is 18.5 Å². The van der Waals surface area contributed by atoms with Gasteiger partial charge in [-0.3, -0.25) is 14.7 Å². The van der Waals surface area contributed by atoms with Gasteiger partial charge in [0, 0.05) is 51.0 Å². The summed E-state index contributed by atoms with van der Waals surface area (Å²) in [5.41, 5.74) is 1.26. The minimum absolute atomic E-state index is 0.333. The predicted molar refractivity (Wildman–Crippen MR) is 78.1 cm³/mol. The zero-order valence-corrected chi connectivity index (χ0v) is 12.0. The van der Waals surface area contributed by atoms with Gasteiger partial charge in [-0.2, -0.15) is 0 Å². The summed E-state index contributed by atoms with van der Waals surface area (Å²) in [6, 6.07) is 4.11. The second-order valence-electron chi connectivity index (χ2n) is 5.94. The highest BCUT2D eigenvalue weighted by molar-refractivity contribution is 5.79. The van der Waals surface area contributed by atoms with Crippen LogP contribution in [0.2, 0.25) is 0 Å². The van der Waals surface area contributed by atoms with Crippen LogP contribution in [-0.4, -0.2) is 46.9 Å². The Bertz CT molecular complexity index is 444. The van der Waals surface area contributed by atoms with E-state index in [2.05, 4.69) is 20.9 Å². The van der Waals surface area contributed by atoms with E-state index >= 15 is 0 Å². The van der Waals surface area contributed by atoms with E-state index in [0.29, 0.717) is 11.8 Å². The molecule has 1 aliphatic heterocycles. The number of carbonyl (C=O) groups excluding carboxylic acids is 1. The van der Waals surface area contributed by atoms with Crippen LogP contribution in [0.1, 0.15) is 31.2 Å². The molecule has 2 aliphatic rings. The van der Waals surface area contributed by atoms with Crippen LogP contribution in [0.5, 0.6) is 0 Å². The first-order valence-electron chi connectivity index (χ1n) is 7.73. The van der Waals surface area contributed by atoms with E-state index in [4.69, 9.17) is 0 Å². The Hall–Kier alpha value is -1.42. The second kappa shape index (κ2) is 6.35. The smallest absolute Gasteiger partial charge is 0.225 e. The number of aromatic nitrogens is 1. The summed E-state index contributed by atoms with van der Waals surface area (Å²) in [6.07, 6.45) is 8.27. The van der Waals surface area contributed by atoms with E-state index < -0.39 is 0 Å². The van der Waals surface area contributed by atoms with Crippen molar-refractivity contribution in [2.45, 2.75) is 32.2 Å². The van der Waals surface area contributed by atoms with Crippen molar-refractivity contribution < 1.29 is 4.79 Å². The normalized spacial score (nSPS) is 21.3. The van der Waals surface area contributed by atoms with Gasteiger partial charge in [-0.15, -0.1) is 0 Å². The van der Waals surface area contributed by atoms with Crippen molar-refractivity contribution in [3.05, 3.63) is 30.1 Å². The van der Waals surface area contributed by atoms with E-state index in [1.54, 1.807) is 0 Å². The van der Waals surface area contributed by atoms with Gasteiger partial charge in [-0.05, 0) is 30.9 Å². The van der Waals surface area contributed by atoms with Gasteiger partial charge in [-0.25, -0.2) is 0 Å². The van der Waals surface area contributed by atoms with Crippen LogP contribution < -0.4 is 0 Å². The van der Waals surface area contributed by atoms with Crippen molar-refractivity contribution in [2.24, 2.45) is 5.92 Å².